The fraction of sp³-hybridized carbons (Fsp3) is 0.571. The van der Waals surface area contributed by atoms with Crippen LogP contribution in [0.1, 0.15) is 30.0 Å². The van der Waals surface area contributed by atoms with Crippen molar-refractivity contribution in [2.45, 2.75) is 25.8 Å². The van der Waals surface area contributed by atoms with Gasteiger partial charge < -0.3 is 10.6 Å². The Balaban J connectivity index is 2.19. The summed E-state index contributed by atoms with van der Waals surface area (Å²) in [6.07, 6.45) is 2.65. The molecule has 2 nitrogen and oxygen atoms in total. The summed E-state index contributed by atoms with van der Waals surface area (Å²) >= 11 is 0. The summed E-state index contributed by atoms with van der Waals surface area (Å²) in [4.78, 5) is 0. The predicted octanol–water partition coefficient (Wildman–Crippen LogP) is 2.26. The van der Waals surface area contributed by atoms with E-state index in [0.717, 1.165) is 6.54 Å². The third-order valence-electron chi connectivity index (χ3n) is 3.73. The van der Waals surface area contributed by atoms with Crippen LogP contribution in [0, 0.1) is 12.3 Å². The summed E-state index contributed by atoms with van der Waals surface area (Å²) in [6.45, 7) is 3.24. The molecule has 0 amide bonds. The van der Waals surface area contributed by atoms with Crippen LogP contribution in [0.25, 0.3) is 0 Å². The van der Waals surface area contributed by atoms with E-state index in [1.54, 1.807) is 0 Å². The van der Waals surface area contributed by atoms with E-state index >= 15 is 0 Å². The van der Waals surface area contributed by atoms with Crippen LogP contribution in [-0.2, 0) is 0 Å². The number of rotatable bonds is 5. The van der Waals surface area contributed by atoms with Gasteiger partial charge in [0.05, 0.1) is 0 Å². The van der Waals surface area contributed by atoms with Crippen molar-refractivity contribution in [2.24, 2.45) is 5.41 Å². The van der Waals surface area contributed by atoms with Crippen LogP contribution in [0.15, 0.2) is 24.3 Å². The van der Waals surface area contributed by atoms with Gasteiger partial charge in [-0.05, 0) is 39.4 Å². The Bertz CT molecular complexity index is 338. The zero-order valence-corrected chi connectivity index (χ0v) is 10.5. The molecule has 2 N–H and O–H groups in total. The van der Waals surface area contributed by atoms with Gasteiger partial charge in [-0.15, -0.1) is 0 Å². The van der Waals surface area contributed by atoms with Crippen LogP contribution < -0.4 is 10.6 Å². The minimum absolute atomic E-state index is 0.443. The second-order valence-corrected chi connectivity index (χ2v) is 5.03. The highest BCUT2D eigenvalue weighted by Crippen LogP contribution is 2.54. The van der Waals surface area contributed by atoms with E-state index in [1.165, 1.54) is 24.0 Å². The molecule has 1 saturated carbocycles. The van der Waals surface area contributed by atoms with Gasteiger partial charge in [-0.3, -0.25) is 0 Å². The van der Waals surface area contributed by atoms with Crippen LogP contribution >= 0.6 is 0 Å². The molecule has 0 saturated heterocycles. The lowest BCUT2D eigenvalue weighted by molar-refractivity contribution is 0.347. The molecular formula is C14H22N2. The van der Waals surface area contributed by atoms with Crippen molar-refractivity contribution >= 4 is 0 Å². The zero-order chi connectivity index (χ0) is 11.6. The Hall–Kier alpha value is -0.860. The summed E-state index contributed by atoms with van der Waals surface area (Å²) in [7, 11) is 4.11. The van der Waals surface area contributed by atoms with Gasteiger partial charge in [0, 0.05) is 18.0 Å². The van der Waals surface area contributed by atoms with Gasteiger partial charge in [0.25, 0.3) is 0 Å². The first-order valence-corrected chi connectivity index (χ1v) is 6.10. The SMILES string of the molecule is CNCC1(C(NC)c2ccc(C)cc2)CC1. The highest BCUT2D eigenvalue weighted by Gasteiger charge is 2.48. The summed E-state index contributed by atoms with van der Waals surface area (Å²) in [6, 6.07) is 9.41. The van der Waals surface area contributed by atoms with E-state index < -0.39 is 0 Å². The molecule has 1 unspecified atom stereocenters. The van der Waals surface area contributed by atoms with E-state index in [2.05, 4.69) is 48.9 Å². The average Bonchev–Trinajstić information content (AvgIpc) is 3.03. The molecule has 0 aromatic heterocycles. The number of benzene rings is 1. The molecule has 16 heavy (non-hydrogen) atoms. The maximum absolute atomic E-state index is 3.49. The van der Waals surface area contributed by atoms with Gasteiger partial charge in [-0.1, -0.05) is 29.8 Å². The Morgan fingerprint density at radius 1 is 1.19 bits per heavy atom. The summed E-state index contributed by atoms with van der Waals surface area (Å²) < 4.78 is 0. The Morgan fingerprint density at radius 2 is 1.81 bits per heavy atom. The average molecular weight is 218 g/mol. The van der Waals surface area contributed by atoms with Crippen LogP contribution in [0.2, 0.25) is 0 Å². The third-order valence-corrected chi connectivity index (χ3v) is 3.73. The van der Waals surface area contributed by atoms with Gasteiger partial charge in [0.1, 0.15) is 0 Å². The Labute approximate surface area is 98.4 Å². The topological polar surface area (TPSA) is 24.1 Å². The minimum Gasteiger partial charge on any atom is -0.319 e. The second-order valence-electron chi connectivity index (χ2n) is 5.03. The van der Waals surface area contributed by atoms with Crippen LogP contribution in [0.4, 0.5) is 0 Å². The molecule has 1 aliphatic rings. The number of aryl methyl sites for hydroxylation is 1. The van der Waals surface area contributed by atoms with E-state index in [4.69, 9.17) is 0 Å². The van der Waals surface area contributed by atoms with E-state index in [-0.39, 0.29) is 0 Å². The molecule has 0 radical (unpaired) electrons. The molecular weight excluding hydrogens is 196 g/mol. The van der Waals surface area contributed by atoms with E-state index in [0.29, 0.717) is 11.5 Å². The number of hydrogen-bond donors (Lipinski definition) is 2. The molecule has 88 valence electrons. The van der Waals surface area contributed by atoms with Gasteiger partial charge in [0.15, 0.2) is 0 Å². The monoisotopic (exact) mass is 218 g/mol. The first-order chi connectivity index (χ1) is 7.72. The van der Waals surface area contributed by atoms with Gasteiger partial charge in [-0.2, -0.15) is 0 Å². The van der Waals surface area contributed by atoms with Crippen molar-refractivity contribution in [3.8, 4) is 0 Å². The quantitative estimate of drug-likeness (QED) is 0.792. The lowest BCUT2D eigenvalue weighted by atomic mass is 9.89. The second kappa shape index (κ2) is 4.56. The van der Waals surface area contributed by atoms with Crippen molar-refractivity contribution in [3.63, 3.8) is 0 Å². The first-order valence-electron chi connectivity index (χ1n) is 6.10. The minimum atomic E-state index is 0.443. The molecule has 0 heterocycles. The lowest BCUT2D eigenvalue weighted by Gasteiger charge is -2.27. The van der Waals surface area contributed by atoms with Gasteiger partial charge >= 0.3 is 0 Å². The standard InChI is InChI=1S/C14H22N2/c1-11-4-6-12(7-5-11)13(16-3)14(8-9-14)10-15-2/h4-7,13,15-16H,8-10H2,1-3H3. The summed E-state index contributed by atoms with van der Waals surface area (Å²) in [5, 5.41) is 6.81. The van der Waals surface area contributed by atoms with E-state index in [9.17, 15) is 0 Å². The van der Waals surface area contributed by atoms with Gasteiger partial charge in [-0.25, -0.2) is 0 Å². The number of nitrogens with one attached hydrogen (secondary N) is 2. The highest BCUT2D eigenvalue weighted by atomic mass is 15.0. The van der Waals surface area contributed by atoms with Crippen LogP contribution in [0.5, 0.6) is 0 Å². The normalized spacial score (nSPS) is 19.4. The van der Waals surface area contributed by atoms with Gasteiger partial charge in [0.2, 0.25) is 0 Å². The lowest BCUT2D eigenvalue weighted by Crippen LogP contribution is -2.33. The summed E-state index contributed by atoms with van der Waals surface area (Å²) in [5.74, 6) is 0. The highest BCUT2D eigenvalue weighted by molar-refractivity contribution is 5.27. The molecule has 2 rings (SSSR count). The van der Waals surface area contributed by atoms with E-state index in [1.807, 2.05) is 7.05 Å². The molecule has 1 aliphatic carbocycles. The van der Waals surface area contributed by atoms with Crippen molar-refractivity contribution in [1.29, 1.82) is 0 Å². The molecule has 0 aliphatic heterocycles. The first kappa shape index (κ1) is 11.6. The zero-order valence-electron chi connectivity index (χ0n) is 10.5. The van der Waals surface area contributed by atoms with Crippen molar-refractivity contribution in [1.82, 2.24) is 10.6 Å². The Morgan fingerprint density at radius 3 is 2.25 bits per heavy atom. The molecule has 1 aromatic rings. The predicted molar refractivity (Wildman–Crippen MR) is 68.6 cm³/mol. The molecule has 1 fully saturated rings. The maximum atomic E-state index is 3.49. The van der Waals surface area contributed by atoms with Crippen molar-refractivity contribution in [2.75, 3.05) is 20.6 Å². The molecule has 1 aromatic carbocycles. The fourth-order valence-electron chi connectivity index (χ4n) is 2.67. The van der Waals surface area contributed by atoms with Crippen molar-refractivity contribution < 1.29 is 0 Å². The van der Waals surface area contributed by atoms with Crippen LogP contribution in [0.3, 0.4) is 0 Å². The molecule has 0 bridgehead atoms. The van der Waals surface area contributed by atoms with Crippen molar-refractivity contribution in [3.05, 3.63) is 35.4 Å². The Kier molecular flexibility index (Phi) is 3.31. The molecule has 0 spiro atoms. The number of hydrogen-bond acceptors (Lipinski definition) is 2. The van der Waals surface area contributed by atoms with Crippen LogP contribution in [-0.4, -0.2) is 20.6 Å². The molecule has 1 atom stereocenters. The fourth-order valence-corrected chi connectivity index (χ4v) is 2.67. The summed E-state index contributed by atoms with van der Waals surface area (Å²) in [5.41, 5.74) is 3.19. The smallest absolute Gasteiger partial charge is 0.0386 e. The third kappa shape index (κ3) is 2.13. The largest absolute Gasteiger partial charge is 0.319 e. The maximum Gasteiger partial charge on any atom is 0.0386 e. The molecule has 2 heteroatoms.